The molecule has 0 fully saturated rings. The standard InChI is InChI=1S/C8H2Cl2F3N3S/c9-5-1-3(6(10)16-15-5)4-2-14-7(17-4)8(11,12)13/h1-2H. The normalized spacial score (nSPS) is 11.8. The minimum Gasteiger partial charge on any atom is -0.240 e. The van der Waals surface area contributed by atoms with Crippen LogP contribution in [0.4, 0.5) is 13.2 Å². The lowest BCUT2D eigenvalue weighted by Gasteiger charge is -2.00. The molecule has 0 saturated heterocycles. The Labute approximate surface area is 107 Å². The molecule has 9 heteroatoms. The van der Waals surface area contributed by atoms with E-state index in [2.05, 4.69) is 15.2 Å². The molecule has 0 bridgehead atoms. The molecule has 2 heterocycles. The van der Waals surface area contributed by atoms with Gasteiger partial charge in [0.1, 0.15) is 0 Å². The number of aromatic nitrogens is 3. The molecule has 0 saturated carbocycles. The van der Waals surface area contributed by atoms with E-state index in [0.29, 0.717) is 11.3 Å². The van der Waals surface area contributed by atoms with Crippen LogP contribution >= 0.6 is 34.5 Å². The summed E-state index contributed by atoms with van der Waals surface area (Å²) in [4.78, 5) is 3.51. The summed E-state index contributed by atoms with van der Waals surface area (Å²) in [6, 6.07) is 1.34. The van der Waals surface area contributed by atoms with Gasteiger partial charge in [-0.25, -0.2) is 4.98 Å². The molecular weight excluding hydrogens is 298 g/mol. The summed E-state index contributed by atoms with van der Waals surface area (Å²) >= 11 is 11.8. The number of halogens is 5. The fraction of sp³-hybridized carbons (Fsp3) is 0.125. The molecule has 0 aromatic carbocycles. The fourth-order valence-electron chi connectivity index (χ4n) is 1.06. The van der Waals surface area contributed by atoms with Crippen molar-refractivity contribution in [3.63, 3.8) is 0 Å². The van der Waals surface area contributed by atoms with Gasteiger partial charge in [-0.3, -0.25) is 0 Å². The predicted molar refractivity (Wildman–Crippen MR) is 58.2 cm³/mol. The highest BCUT2D eigenvalue weighted by molar-refractivity contribution is 7.15. The number of hydrogen-bond donors (Lipinski definition) is 0. The minimum atomic E-state index is -4.47. The molecule has 0 unspecified atom stereocenters. The Kier molecular flexibility index (Phi) is 3.24. The molecule has 0 aliphatic heterocycles. The first-order chi connectivity index (χ1) is 7.88. The number of thiazole rings is 1. The lowest BCUT2D eigenvalue weighted by atomic mass is 10.3. The third-order valence-electron chi connectivity index (χ3n) is 1.73. The van der Waals surface area contributed by atoms with Crippen molar-refractivity contribution in [2.24, 2.45) is 0 Å². The smallest absolute Gasteiger partial charge is 0.240 e. The van der Waals surface area contributed by atoms with Gasteiger partial charge in [0.25, 0.3) is 0 Å². The summed E-state index contributed by atoms with van der Waals surface area (Å²) in [6.45, 7) is 0. The summed E-state index contributed by atoms with van der Waals surface area (Å²) < 4.78 is 37.1. The summed E-state index contributed by atoms with van der Waals surface area (Å²) in [6.07, 6.45) is -3.40. The molecule has 2 aromatic heterocycles. The average molecular weight is 300 g/mol. The maximum atomic E-state index is 12.4. The zero-order valence-electron chi connectivity index (χ0n) is 7.79. The van der Waals surface area contributed by atoms with Crippen LogP contribution in [0.3, 0.4) is 0 Å². The van der Waals surface area contributed by atoms with Gasteiger partial charge in [-0.2, -0.15) is 13.2 Å². The van der Waals surface area contributed by atoms with E-state index in [1.54, 1.807) is 0 Å². The Morgan fingerprint density at radius 3 is 2.47 bits per heavy atom. The topological polar surface area (TPSA) is 38.7 Å². The van der Waals surface area contributed by atoms with Crippen LogP contribution in [0, 0.1) is 0 Å². The van der Waals surface area contributed by atoms with Crippen molar-refractivity contribution in [2.75, 3.05) is 0 Å². The first-order valence-electron chi connectivity index (χ1n) is 4.10. The molecule has 0 radical (unpaired) electrons. The van der Waals surface area contributed by atoms with Crippen molar-refractivity contribution >= 4 is 34.5 Å². The van der Waals surface area contributed by atoms with E-state index in [1.165, 1.54) is 6.07 Å². The Balaban J connectivity index is 2.47. The minimum absolute atomic E-state index is 0.0215. The van der Waals surface area contributed by atoms with Crippen molar-refractivity contribution in [1.82, 2.24) is 15.2 Å². The van der Waals surface area contributed by atoms with E-state index in [0.717, 1.165) is 6.20 Å². The van der Waals surface area contributed by atoms with E-state index >= 15 is 0 Å². The lowest BCUT2D eigenvalue weighted by molar-refractivity contribution is -0.137. The highest BCUT2D eigenvalue weighted by Crippen LogP contribution is 2.38. The number of rotatable bonds is 1. The number of hydrogen-bond acceptors (Lipinski definition) is 4. The van der Waals surface area contributed by atoms with E-state index in [9.17, 15) is 13.2 Å². The quantitative estimate of drug-likeness (QED) is 0.801. The molecule has 2 aromatic rings. The van der Waals surface area contributed by atoms with Crippen LogP contribution in [0.1, 0.15) is 5.01 Å². The van der Waals surface area contributed by atoms with Gasteiger partial charge in [0.05, 0.1) is 4.88 Å². The van der Waals surface area contributed by atoms with Gasteiger partial charge in [0.15, 0.2) is 15.3 Å². The molecule has 0 atom stereocenters. The molecule has 0 aliphatic rings. The molecule has 2 rings (SSSR count). The third-order valence-corrected chi connectivity index (χ3v) is 3.27. The lowest BCUT2D eigenvalue weighted by Crippen LogP contribution is -2.02. The van der Waals surface area contributed by atoms with E-state index in [-0.39, 0.29) is 20.7 Å². The summed E-state index contributed by atoms with van der Waals surface area (Å²) in [7, 11) is 0. The Bertz CT molecular complexity index is 555. The van der Waals surface area contributed by atoms with E-state index in [1.807, 2.05) is 0 Å². The molecular formula is C8H2Cl2F3N3S. The molecule has 90 valence electrons. The van der Waals surface area contributed by atoms with Gasteiger partial charge in [-0.1, -0.05) is 23.2 Å². The summed E-state index contributed by atoms with van der Waals surface area (Å²) in [5.74, 6) is 0. The largest absolute Gasteiger partial charge is 0.443 e. The average Bonchev–Trinajstić information content (AvgIpc) is 2.70. The number of alkyl halides is 3. The van der Waals surface area contributed by atoms with Crippen molar-refractivity contribution in [3.8, 4) is 10.4 Å². The molecule has 17 heavy (non-hydrogen) atoms. The van der Waals surface area contributed by atoms with Crippen LogP contribution in [0.5, 0.6) is 0 Å². The monoisotopic (exact) mass is 299 g/mol. The van der Waals surface area contributed by atoms with E-state index < -0.39 is 11.2 Å². The first kappa shape index (κ1) is 12.5. The van der Waals surface area contributed by atoms with E-state index in [4.69, 9.17) is 23.2 Å². The molecule has 0 spiro atoms. The fourth-order valence-corrected chi connectivity index (χ4v) is 2.25. The predicted octanol–water partition coefficient (Wildman–Crippen LogP) is 3.93. The third kappa shape index (κ3) is 2.67. The van der Waals surface area contributed by atoms with Crippen LogP contribution in [-0.4, -0.2) is 15.2 Å². The highest BCUT2D eigenvalue weighted by atomic mass is 35.5. The van der Waals surface area contributed by atoms with Gasteiger partial charge in [-0.05, 0) is 6.07 Å². The Morgan fingerprint density at radius 1 is 1.18 bits per heavy atom. The maximum absolute atomic E-state index is 12.4. The first-order valence-corrected chi connectivity index (χ1v) is 5.67. The zero-order chi connectivity index (χ0) is 12.6. The van der Waals surface area contributed by atoms with Crippen LogP contribution in [0.2, 0.25) is 10.3 Å². The Hall–Kier alpha value is -0.920. The maximum Gasteiger partial charge on any atom is 0.443 e. The SMILES string of the molecule is FC(F)(F)c1ncc(-c2cc(Cl)nnc2Cl)s1. The molecule has 0 N–H and O–H groups in total. The second-order valence-electron chi connectivity index (χ2n) is 2.90. The van der Waals surface area contributed by atoms with Gasteiger partial charge in [-0.15, -0.1) is 21.5 Å². The van der Waals surface area contributed by atoms with Crippen molar-refractivity contribution in [1.29, 1.82) is 0 Å². The van der Waals surface area contributed by atoms with Crippen LogP contribution in [-0.2, 0) is 6.18 Å². The van der Waals surface area contributed by atoms with Crippen LogP contribution < -0.4 is 0 Å². The van der Waals surface area contributed by atoms with Crippen LogP contribution in [0.15, 0.2) is 12.3 Å². The van der Waals surface area contributed by atoms with Gasteiger partial charge >= 0.3 is 6.18 Å². The zero-order valence-corrected chi connectivity index (χ0v) is 10.1. The second kappa shape index (κ2) is 4.40. The Morgan fingerprint density at radius 2 is 1.88 bits per heavy atom. The van der Waals surface area contributed by atoms with Crippen LogP contribution in [0.25, 0.3) is 10.4 Å². The molecule has 0 amide bonds. The van der Waals surface area contributed by atoms with Gasteiger partial charge in [0.2, 0.25) is 0 Å². The van der Waals surface area contributed by atoms with Gasteiger partial charge < -0.3 is 0 Å². The summed E-state index contributed by atoms with van der Waals surface area (Å²) in [5, 5.41) is 6.05. The number of nitrogens with zero attached hydrogens (tertiary/aromatic N) is 3. The second-order valence-corrected chi connectivity index (χ2v) is 4.67. The van der Waals surface area contributed by atoms with Crippen molar-refractivity contribution in [3.05, 3.63) is 27.6 Å². The van der Waals surface area contributed by atoms with Crippen molar-refractivity contribution < 1.29 is 13.2 Å². The highest BCUT2D eigenvalue weighted by Gasteiger charge is 2.34. The van der Waals surface area contributed by atoms with Gasteiger partial charge in [0, 0.05) is 11.8 Å². The summed E-state index contributed by atoms with van der Waals surface area (Å²) in [5.41, 5.74) is 0.277. The molecule has 3 nitrogen and oxygen atoms in total. The molecule has 0 aliphatic carbocycles. The van der Waals surface area contributed by atoms with Crippen molar-refractivity contribution in [2.45, 2.75) is 6.18 Å².